The molecule has 1 N–H and O–H groups in total. The van der Waals surface area contributed by atoms with E-state index < -0.39 is 0 Å². The van der Waals surface area contributed by atoms with Crippen LogP contribution in [0, 0.1) is 6.92 Å². The lowest BCUT2D eigenvalue weighted by molar-refractivity contribution is -0.120. The molecule has 1 amide bonds. The van der Waals surface area contributed by atoms with Gasteiger partial charge in [-0.3, -0.25) is 4.79 Å². The van der Waals surface area contributed by atoms with Crippen LogP contribution in [0.5, 0.6) is 0 Å². The van der Waals surface area contributed by atoms with Crippen molar-refractivity contribution >= 4 is 18.5 Å². The van der Waals surface area contributed by atoms with E-state index in [4.69, 9.17) is 0 Å². The number of thiol groups is 1. The smallest absolute Gasteiger partial charge is 0.221 e. The molecular weight excluding hydrogens is 194 g/mol. The van der Waals surface area contributed by atoms with Gasteiger partial charge in [0.15, 0.2) is 0 Å². The van der Waals surface area contributed by atoms with Crippen molar-refractivity contribution in [3.8, 4) is 0 Å². The molecule has 3 heteroatoms. The Morgan fingerprint density at radius 3 is 2.93 bits per heavy atom. The third-order valence-electron chi connectivity index (χ3n) is 1.91. The molecule has 1 rings (SSSR count). The molecule has 0 aliphatic rings. The molecule has 0 saturated heterocycles. The molecule has 1 aromatic carbocycles. The average molecular weight is 209 g/mol. The van der Waals surface area contributed by atoms with Gasteiger partial charge in [-0.05, 0) is 18.2 Å². The van der Waals surface area contributed by atoms with Gasteiger partial charge in [0, 0.05) is 13.0 Å². The summed E-state index contributed by atoms with van der Waals surface area (Å²) >= 11 is 4.00. The first-order valence-corrected chi connectivity index (χ1v) is 5.28. The standard InChI is InChI=1S/C11H15NOS/c1-9-3-2-4-10(7-9)8-12-11(13)5-6-14/h2-4,7,14H,5-6,8H2,1H3,(H,12,13). The zero-order chi connectivity index (χ0) is 10.4. The van der Waals surface area contributed by atoms with Gasteiger partial charge in [0.05, 0.1) is 0 Å². The molecule has 0 aromatic heterocycles. The molecular formula is C11H15NOS. The van der Waals surface area contributed by atoms with Crippen molar-refractivity contribution in [1.82, 2.24) is 5.32 Å². The third-order valence-corrected chi connectivity index (χ3v) is 2.13. The van der Waals surface area contributed by atoms with Crippen LogP contribution in [0.3, 0.4) is 0 Å². The zero-order valence-corrected chi connectivity index (χ0v) is 9.18. The quantitative estimate of drug-likeness (QED) is 0.729. The van der Waals surface area contributed by atoms with Gasteiger partial charge in [0.2, 0.25) is 5.91 Å². The average Bonchev–Trinajstić information content (AvgIpc) is 2.15. The highest BCUT2D eigenvalue weighted by atomic mass is 32.1. The number of nitrogens with one attached hydrogen (secondary N) is 1. The summed E-state index contributed by atoms with van der Waals surface area (Å²) in [6.07, 6.45) is 0.481. The summed E-state index contributed by atoms with van der Waals surface area (Å²) in [7, 11) is 0. The summed E-state index contributed by atoms with van der Waals surface area (Å²) in [5.41, 5.74) is 2.35. The van der Waals surface area contributed by atoms with E-state index >= 15 is 0 Å². The van der Waals surface area contributed by atoms with E-state index in [-0.39, 0.29) is 5.91 Å². The van der Waals surface area contributed by atoms with E-state index in [1.807, 2.05) is 25.1 Å². The molecule has 0 bridgehead atoms. The molecule has 0 spiro atoms. The van der Waals surface area contributed by atoms with Crippen LogP contribution in [-0.2, 0) is 11.3 Å². The van der Waals surface area contributed by atoms with Crippen LogP contribution in [0.2, 0.25) is 0 Å². The van der Waals surface area contributed by atoms with E-state index in [1.54, 1.807) is 0 Å². The maximum Gasteiger partial charge on any atom is 0.221 e. The Labute approximate surface area is 90.1 Å². The molecule has 0 heterocycles. The molecule has 0 radical (unpaired) electrons. The molecule has 0 aliphatic carbocycles. The first-order chi connectivity index (χ1) is 6.72. The Bertz CT molecular complexity index is 312. The Hall–Kier alpha value is -0.960. The van der Waals surface area contributed by atoms with Crippen LogP contribution in [0.1, 0.15) is 17.5 Å². The van der Waals surface area contributed by atoms with Crippen LogP contribution in [0.4, 0.5) is 0 Å². The lowest BCUT2D eigenvalue weighted by Crippen LogP contribution is -2.22. The SMILES string of the molecule is Cc1cccc(CNC(=O)CCS)c1. The molecule has 0 aliphatic heterocycles. The second-order valence-corrected chi connectivity index (χ2v) is 3.69. The lowest BCUT2D eigenvalue weighted by Gasteiger charge is -2.04. The van der Waals surface area contributed by atoms with Gasteiger partial charge in [-0.1, -0.05) is 29.8 Å². The van der Waals surface area contributed by atoms with Gasteiger partial charge in [0.1, 0.15) is 0 Å². The van der Waals surface area contributed by atoms with Gasteiger partial charge in [-0.2, -0.15) is 12.6 Å². The van der Waals surface area contributed by atoms with Crippen molar-refractivity contribution in [3.63, 3.8) is 0 Å². The molecule has 2 nitrogen and oxygen atoms in total. The summed E-state index contributed by atoms with van der Waals surface area (Å²) in [4.78, 5) is 11.1. The molecule has 0 unspecified atom stereocenters. The maximum absolute atomic E-state index is 11.1. The first kappa shape index (κ1) is 11.1. The molecule has 0 saturated carbocycles. The number of amides is 1. The summed E-state index contributed by atoms with van der Waals surface area (Å²) in [5.74, 6) is 0.654. The van der Waals surface area contributed by atoms with Crippen molar-refractivity contribution in [2.75, 3.05) is 5.75 Å². The highest BCUT2D eigenvalue weighted by Crippen LogP contribution is 2.03. The van der Waals surface area contributed by atoms with Crippen LogP contribution in [0.15, 0.2) is 24.3 Å². The number of hydrogen-bond donors (Lipinski definition) is 2. The second kappa shape index (κ2) is 5.70. The highest BCUT2D eigenvalue weighted by molar-refractivity contribution is 7.80. The molecule has 0 fully saturated rings. The summed E-state index contributed by atoms with van der Waals surface area (Å²) in [6, 6.07) is 8.11. The number of carbonyl (C=O) groups excluding carboxylic acids is 1. The van der Waals surface area contributed by atoms with E-state index in [2.05, 4.69) is 24.0 Å². The van der Waals surface area contributed by atoms with Crippen molar-refractivity contribution in [3.05, 3.63) is 35.4 Å². The number of benzene rings is 1. The fourth-order valence-electron chi connectivity index (χ4n) is 1.21. The summed E-state index contributed by atoms with van der Waals surface area (Å²) < 4.78 is 0. The number of carbonyl (C=O) groups is 1. The van der Waals surface area contributed by atoms with Gasteiger partial charge in [0.25, 0.3) is 0 Å². The van der Waals surface area contributed by atoms with Crippen molar-refractivity contribution in [2.24, 2.45) is 0 Å². The summed E-state index contributed by atoms with van der Waals surface area (Å²) in [6.45, 7) is 2.65. The van der Waals surface area contributed by atoms with Gasteiger partial charge < -0.3 is 5.32 Å². The van der Waals surface area contributed by atoms with Gasteiger partial charge in [-0.15, -0.1) is 0 Å². The van der Waals surface area contributed by atoms with Crippen LogP contribution >= 0.6 is 12.6 Å². The Kier molecular flexibility index (Phi) is 4.53. The normalized spacial score (nSPS) is 9.86. The predicted octanol–water partition coefficient (Wildman–Crippen LogP) is 1.93. The molecule has 76 valence electrons. The first-order valence-electron chi connectivity index (χ1n) is 4.65. The number of aryl methyl sites for hydroxylation is 1. The van der Waals surface area contributed by atoms with Gasteiger partial charge >= 0.3 is 0 Å². The minimum atomic E-state index is 0.0570. The Balaban J connectivity index is 2.41. The van der Waals surface area contributed by atoms with Crippen LogP contribution in [0.25, 0.3) is 0 Å². The third kappa shape index (κ3) is 3.83. The minimum Gasteiger partial charge on any atom is -0.352 e. The highest BCUT2D eigenvalue weighted by Gasteiger charge is 1.99. The van der Waals surface area contributed by atoms with Crippen molar-refractivity contribution < 1.29 is 4.79 Å². The fourth-order valence-corrected chi connectivity index (χ4v) is 1.42. The zero-order valence-electron chi connectivity index (χ0n) is 8.29. The fraction of sp³-hybridized carbons (Fsp3) is 0.364. The van der Waals surface area contributed by atoms with Gasteiger partial charge in [-0.25, -0.2) is 0 Å². The topological polar surface area (TPSA) is 29.1 Å². The minimum absolute atomic E-state index is 0.0570. The van der Waals surface area contributed by atoms with E-state index in [9.17, 15) is 4.79 Å². The second-order valence-electron chi connectivity index (χ2n) is 3.24. The van der Waals surface area contributed by atoms with E-state index in [1.165, 1.54) is 5.56 Å². The van der Waals surface area contributed by atoms with Crippen molar-refractivity contribution in [2.45, 2.75) is 19.9 Å². The number of hydrogen-bond acceptors (Lipinski definition) is 2. The maximum atomic E-state index is 11.1. The molecule has 0 atom stereocenters. The van der Waals surface area contributed by atoms with E-state index in [0.29, 0.717) is 18.7 Å². The Morgan fingerprint density at radius 1 is 1.50 bits per heavy atom. The predicted molar refractivity (Wildman–Crippen MR) is 61.5 cm³/mol. The van der Waals surface area contributed by atoms with Crippen LogP contribution in [-0.4, -0.2) is 11.7 Å². The van der Waals surface area contributed by atoms with Crippen molar-refractivity contribution in [1.29, 1.82) is 0 Å². The summed E-state index contributed by atoms with van der Waals surface area (Å²) in [5, 5.41) is 2.84. The number of rotatable bonds is 4. The van der Waals surface area contributed by atoms with Crippen LogP contribution < -0.4 is 5.32 Å². The largest absolute Gasteiger partial charge is 0.352 e. The molecule has 1 aromatic rings. The molecule has 14 heavy (non-hydrogen) atoms. The van der Waals surface area contributed by atoms with E-state index in [0.717, 1.165) is 5.56 Å². The Morgan fingerprint density at radius 2 is 2.29 bits per heavy atom. The lowest BCUT2D eigenvalue weighted by atomic mass is 10.1. The monoisotopic (exact) mass is 209 g/mol.